The zero-order valence-electron chi connectivity index (χ0n) is 19.3. The molecule has 32 heavy (non-hydrogen) atoms. The monoisotopic (exact) mass is 445 g/mol. The standard InChI is InChI=1S/C24H35N3O5/c1-17(2)16-30-18(3)32-27-22(28)11-9-19-8-10-20(25-14-19)15-26-24(12-13-24)23(29)31-21-6-4-5-7-21/h8-11,14,17-18,21,26H,4-7,12-13,15-16H2,1-3H3,(H,27,28)/b11-9+. The van der Waals surface area contributed by atoms with E-state index in [4.69, 9.17) is 14.3 Å². The number of aromatic nitrogens is 1. The van der Waals surface area contributed by atoms with E-state index < -0.39 is 11.8 Å². The van der Waals surface area contributed by atoms with Crippen molar-refractivity contribution >= 4 is 18.0 Å². The largest absolute Gasteiger partial charge is 0.461 e. The number of hydroxylamine groups is 1. The van der Waals surface area contributed by atoms with E-state index in [0.29, 0.717) is 19.1 Å². The number of pyridine rings is 1. The Hall–Kier alpha value is -2.29. The molecule has 2 aliphatic rings. The topological polar surface area (TPSA) is 98.8 Å². The number of nitrogens with zero attached hydrogens (tertiary/aromatic N) is 1. The van der Waals surface area contributed by atoms with Crippen molar-refractivity contribution in [1.82, 2.24) is 15.8 Å². The van der Waals surface area contributed by atoms with Crippen molar-refractivity contribution in [3.05, 3.63) is 35.7 Å². The zero-order chi connectivity index (χ0) is 23.0. The molecule has 8 nitrogen and oxygen atoms in total. The minimum atomic E-state index is -0.545. The summed E-state index contributed by atoms with van der Waals surface area (Å²) in [5, 5.41) is 3.33. The summed E-state index contributed by atoms with van der Waals surface area (Å²) in [6.45, 7) is 6.86. The molecule has 1 atom stereocenters. The molecule has 0 bridgehead atoms. The number of hydrogen-bond donors (Lipinski definition) is 2. The van der Waals surface area contributed by atoms with Crippen LogP contribution in [0.1, 0.15) is 70.6 Å². The first-order valence-corrected chi connectivity index (χ1v) is 11.5. The Bertz CT molecular complexity index is 783. The lowest BCUT2D eigenvalue weighted by Crippen LogP contribution is -2.41. The van der Waals surface area contributed by atoms with Crippen molar-refractivity contribution in [2.75, 3.05) is 6.61 Å². The molecular formula is C24H35N3O5. The van der Waals surface area contributed by atoms with Gasteiger partial charge in [0.05, 0.1) is 12.3 Å². The van der Waals surface area contributed by atoms with Gasteiger partial charge >= 0.3 is 5.97 Å². The lowest BCUT2D eigenvalue weighted by Gasteiger charge is -2.19. The van der Waals surface area contributed by atoms with Gasteiger partial charge in [0.1, 0.15) is 11.6 Å². The first kappa shape index (κ1) is 24.4. The van der Waals surface area contributed by atoms with Crippen molar-refractivity contribution in [3.63, 3.8) is 0 Å². The van der Waals surface area contributed by atoms with Gasteiger partial charge in [-0.15, -0.1) is 0 Å². The third kappa shape index (κ3) is 7.69. The molecule has 176 valence electrons. The lowest BCUT2D eigenvalue weighted by atomic mass is 10.2. The Morgan fingerprint density at radius 2 is 1.97 bits per heavy atom. The van der Waals surface area contributed by atoms with E-state index in [9.17, 15) is 9.59 Å². The summed E-state index contributed by atoms with van der Waals surface area (Å²) in [5.74, 6) is -0.115. The maximum Gasteiger partial charge on any atom is 0.326 e. The smallest absolute Gasteiger partial charge is 0.326 e. The molecule has 0 aliphatic heterocycles. The maximum absolute atomic E-state index is 12.5. The van der Waals surface area contributed by atoms with E-state index in [1.54, 1.807) is 19.2 Å². The van der Waals surface area contributed by atoms with E-state index in [0.717, 1.165) is 49.8 Å². The Balaban J connectivity index is 1.39. The molecule has 0 aromatic carbocycles. The van der Waals surface area contributed by atoms with Crippen LogP contribution in [0.2, 0.25) is 0 Å². The third-order valence-electron chi connectivity index (χ3n) is 5.59. The molecule has 0 saturated heterocycles. The SMILES string of the molecule is CC(C)COC(C)ONC(=O)/C=C/c1ccc(CNC2(C(=O)OC3CCCC3)CC2)nc1. The van der Waals surface area contributed by atoms with Gasteiger partial charge in [-0.3, -0.25) is 19.9 Å². The number of esters is 1. The van der Waals surface area contributed by atoms with E-state index in [-0.39, 0.29) is 18.0 Å². The van der Waals surface area contributed by atoms with E-state index >= 15 is 0 Å². The van der Waals surface area contributed by atoms with E-state index in [1.165, 1.54) is 6.08 Å². The second-order valence-corrected chi connectivity index (χ2v) is 9.04. The van der Waals surface area contributed by atoms with Crippen LogP contribution in [0.4, 0.5) is 0 Å². The first-order chi connectivity index (χ1) is 15.4. The summed E-state index contributed by atoms with van der Waals surface area (Å²) in [4.78, 5) is 34.0. The number of amides is 1. The van der Waals surface area contributed by atoms with Crippen LogP contribution in [0.25, 0.3) is 6.08 Å². The molecule has 1 aromatic heterocycles. The van der Waals surface area contributed by atoms with Crippen molar-refractivity contribution in [2.45, 2.75) is 83.8 Å². The molecule has 1 amide bonds. The summed E-state index contributed by atoms with van der Waals surface area (Å²) >= 11 is 0. The number of carbonyl (C=O) groups excluding carboxylic acids is 2. The third-order valence-corrected chi connectivity index (χ3v) is 5.59. The molecule has 1 heterocycles. The van der Waals surface area contributed by atoms with Crippen LogP contribution in [0.5, 0.6) is 0 Å². The minimum Gasteiger partial charge on any atom is -0.461 e. The van der Waals surface area contributed by atoms with Crippen molar-refractivity contribution in [3.8, 4) is 0 Å². The summed E-state index contributed by atoms with van der Waals surface area (Å²) in [6.07, 6.45) is 10.1. The zero-order valence-corrected chi connectivity index (χ0v) is 19.3. The summed E-state index contributed by atoms with van der Waals surface area (Å²) in [7, 11) is 0. The number of hydrogen-bond acceptors (Lipinski definition) is 7. The second-order valence-electron chi connectivity index (χ2n) is 9.04. The van der Waals surface area contributed by atoms with Gasteiger partial charge in [-0.25, -0.2) is 10.3 Å². The Kier molecular flexibility index (Phi) is 8.78. The van der Waals surface area contributed by atoms with Crippen molar-refractivity contribution in [2.24, 2.45) is 5.92 Å². The average Bonchev–Trinajstić information content (AvgIpc) is 3.41. The highest BCUT2D eigenvalue weighted by Crippen LogP contribution is 2.38. The van der Waals surface area contributed by atoms with Gasteiger partial charge in [0.2, 0.25) is 0 Å². The fraction of sp³-hybridized carbons (Fsp3) is 0.625. The summed E-state index contributed by atoms with van der Waals surface area (Å²) in [6, 6.07) is 3.75. The predicted octanol–water partition coefficient (Wildman–Crippen LogP) is 3.27. The molecule has 0 radical (unpaired) electrons. The van der Waals surface area contributed by atoms with E-state index in [2.05, 4.69) is 15.8 Å². The van der Waals surface area contributed by atoms with Crippen LogP contribution in [-0.2, 0) is 30.4 Å². The highest BCUT2D eigenvalue weighted by atomic mass is 16.8. The van der Waals surface area contributed by atoms with E-state index in [1.807, 2.05) is 26.0 Å². The number of nitrogens with one attached hydrogen (secondary N) is 2. The Labute approximate surface area is 190 Å². The molecule has 8 heteroatoms. The van der Waals surface area contributed by atoms with Crippen molar-refractivity contribution in [1.29, 1.82) is 0 Å². The number of ether oxygens (including phenoxy) is 2. The molecule has 1 unspecified atom stereocenters. The van der Waals surface area contributed by atoms with Gasteiger partial charge in [0, 0.05) is 18.8 Å². The maximum atomic E-state index is 12.5. The van der Waals surface area contributed by atoms with Crippen LogP contribution >= 0.6 is 0 Å². The average molecular weight is 446 g/mol. The fourth-order valence-corrected chi connectivity index (χ4v) is 3.46. The fourth-order valence-electron chi connectivity index (χ4n) is 3.46. The highest BCUT2D eigenvalue weighted by molar-refractivity contribution is 5.90. The number of carbonyl (C=O) groups is 2. The molecular weight excluding hydrogens is 410 g/mol. The van der Waals surface area contributed by atoms with Gasteiger partial charge in [0.15, 0.2) is 6.29 Å². The van der Waals surface area contributed by atoms with Crippen LogP contribution in [0, 0.1) is 5.92 Å². The van der Waals surface area contributed by atoms with Gasteiger partial charge in [-0.2, -0.15) is 0 Å². The normalized spacial score (nSPS) is 18.8. The molecule has 2 saturated carbocycles. The molecule has 3 rings (SSSR count). The Morgan fingerprint density at radius 3 is 2.59 bits per heavy atom. The molecule has 2 fully saturated rings. The van der Waals surface area contributed by atoms with Gasteiger partial charge in [-0.05, 0) is 69.1 Å². The minimum absolute atomic E-state index is 0.0874. The summed E-state index contributed by atoms with van der Waals surface area (Å²) in [5.41, 5.74) is 3.41. The molecule has 1 aromatic rings. The quantitative estimate of drug-likeness (QED) is 0.220. The van der Waals surface area contributed by atoms with Gasteiger partial charge in [-0.1, -0.05) is 19.9 Å². The van der Waals surface area contributed by atoms with Crippen LogP contribution in [0.3, 0.4) is 0 Å². The predicted molar refractivity (Wildman–Crippen MR) is 120 cm³/mol. The number of rotatable bonds is 12. The van der Waals surface area contributed by atoms with Gasteiger partial charge in [0.25, 0.3) is 5.91 Å². The van der Waals surface area contributed by atoms with Crippen LogP contribution in [-0.4, -0.2) is 41.4 Å². The van der Waals surface area contributed by atoms with Crippen molar-refractivity contribution < 1.29 is 23.9 Å². The second kappa shape index (κ2) is 11.5. The highest BCUT2D eigenvalue weighted by Gasteiger charge is 2.51. The summed E-state index contributed by atoms with van der Waals surface area (Å²) < 4.78 is 11.1. The van der Waals surface area contributed by atoms with Gasteiger partial charge < -0.3 is 9.47 Å². The Morgan fingerprint density at radius 1 is 1.22 bits per heavy atom. The molecule has 2 N–H and O–H groups in total. The van der Waals surface area contributed by atoms with Crippen LogP contribution in [0.15, 0.2) is 24.4 Å². The van der Waals surface area contributed by atoms with Crippen LogP contribution < -0.4 is 10.8 Å². The lowest BCUT2D eigenvalue weighted by molar-refractivity contribution is -0.180. The first-order valence-electron chi connectivity index (χ1n) is 11.5. The molecule has 0 spiro atoms. The molecule has 2 aliphatic carbocycles.